The quantitative estimate of drug-likeness (QED) is 0.675. The SMILES string of the molecule is CC[C@@H](C)Nc1nc(NCc2ccccc2)c2ncn(C(C)C)c2n1. The first-order valence-corrected chi connectivity index (χ1v) is 8.87. The van der Waals surface area contributed by atoms with E-state index in [-0.39, 0.29) is 0 Å². The second-order valence-electron chi connectivity index (χ2n) is 6.61. The van der Waals surface area contributed by atoms with Gasteiger partial charge in [-0.05, 0) is 32.8 Å². The van der Waals surface area contributed by atoms with Crippen LogP contribution >= 0.6 is 0 Å². The Labute approximate surface area is 148 Å². The van der Waals surface area contributed by atoms with Crippen molar-refractivity contribution in [1.82, 2.24) is 19.5 Å². The minimum atomic E-state index is 0.290. The van der Waals surface area contributed by atoms with Crippen LogP contribution in [0.1, 0.15) is 45.7 Å². The number of anilines is 2. The molecule has 1 atom stereocenters. The molecule has 25 heavy (non-hydrogen) atoms. The summed E-state index contributed by atoms with van der Waals surface area (Å²) in [6, 6.07) is 10.9. The molecule has 0 saturated carbocycles. The standard InChI is InChI=1S/C19H26N6/c1-5-14(4)22-19-23-17(20-11-15-9-7-6-8-10-15)16-18(24-19)25(12-21-16)13(2)3/h6-10,12-14H,5,11H2,1-4H3,(H2,20,22,23,24)/t14-/m1/s1. The molecule has 0 bridgehead atoms. The molecule has 0 aliphatic heterocycles. The molecule has 0 aliphatic carbocycles. The number of nitrogens with one attached hydrogen (secondary N) is 2. The molecule has 0 unspecified atom stereocenters. The molecule has 2 N–H and O–H groups in total. The second kappa shape index (κ2) is 7.51. The Morgan fingerprint density at radius 3 is 2.52 bits per heavy atom. The largest absolute Gasteiger partial charge is 0.364 e. The van der Waals surface area contributed by atoms with Gasteiger partial charge in [0.15, 0.2) is 17.0 Å². The van der Waals surface area contributed by atoms with Crippen molar-refractivity contribution in [3.63, 3.8) is 0 Å². The van der Waals surface area contributed by atoms with Gasteiger partial charge in [-0.15, -0.1) is 0 Å². The monoisotopic (exact) mass is 338 g/mol. The lowest BCUT2D eigenvalue weighted by atomic mass is 10.2. The Hall–Kier alpha value is -2.63. The van der Waals surface area contributed by atoms with E-state index in [1.165, 1.54) is 5.56 Å². The summed E-state index contributed by atoms with van der Waals surface area (Å²) in [7, 11) is 0. The van der Waals surface area contributed by atoms with Crippen molar-refractivity contribution < 1.29 is 0 Å². The van der Waals surface area contributed by atoms with Gasteiger partial charge in [-0.2, -0.15) is 9.97 Å². The number of hydrogen-bond acceptors (Lipinski definition) is 5. The maximum absolute atomic E-state index is 4.70. The van der Waals surface area contributed by atoms with Gasteiger partial charge in [-0.3, -0.25) is 0 Å². The van der Waals surface area contributed by atoms with Crippen LogP contribution in [-0.2, 0) is 6.54 Å². The number of rotatable bonds is 7. The molecule has 0 radical (unpaired) electrons. The smallest absolute Gasteiger partial charge is 0.226 e. The maximum Gasteiger partial charge on any atom is 0.226 e. The maximum atomic E-state index is 4.70. The number of imidazole rings is 1. The summed E-state index contributed by atoms with van der Waals surface area (Å²) in [6.45, 7) is 9.22. The zero-order valence-corrected chi connectivity index (χ0v) is 15.3. The van der Waals surface area contributed by atoms with E-state index in [1.54, 1.807) is 0 Å². The Bertz CT molecular complexity index is 825. The Morgan fingerprint density at radius 2 is 1.84 bits per heavy atom. The zero-order valence-electron chi connectivity index (χ0n) is 15.3. The minimum absolute atomic E-state index is 0.290. The highest BCUT2D eigenvalue weighted by Crippen LogP contribution is 2.24. The van der Waals surface area contributed by atoms with Crippen LogP contribution in [0.3, 0.4) is 0 Å². The van der Waals surface area contributed by atoms with Gasteiger partial charge in [0, 0.05) is 18.6 Å². The third-order valence-electron chi connectivity index (χ3n) is 4.27. The van der Waals surface area contributed by atoms with E-state index in [4.69, 9.17) is 4.98 Å². The van der Waals surface area contributed by atoms with Crippen molar-refractivity contribution in [3.05, 3.63) is 42.2 Å². The molecule has 3 aromatic rings. The number of nitrogens with zero attached hydrogens (tertiary/aromatic N) is 4. The van der Waals surface area contributed by atoms with Crippen LogP contribution < -0.4 is 10.6 Å². The van der Waals surface area contributed by atoms with Gasteiger partial charge in [0.05, 0.1) is 6.33 Å². The average molecular weight is 338 g/mol. The molecule has 6 heteroatoms. The second-order valence-corrected chi connectivity index (χ2v) is 6.61. The van der Waals surface area contributed by atoms with Crippen LogP contribution in [0.4, 0.5) is 11.8 Å². The van der Waals surface area contributed by atoms with E-state index in [0.717, 1.165) is 23.4 Å². The molecular weight excluding hydrogens is 312 g/mol. The molecule has 0 amide bonds. The van der Waals surface area contributed by atoms with Gasteiger partial charge in [0.1, 0.15) is 0 Å². The summed E-state index contributed by atoms with van der Waals surface area (Å²) in [5.74, 6) is 1.40. The third kappa shape index (κ3) is 3.90. The van der Waals surface area contributed by atoms with Gasteiger partial charge < -0.3 is 15.2 Å². The van der Waals surface area contributed by atoms with E-state index in [1.807, 2.05) is 24.5 Å². The first-order valence-electron chi connectivity index (χ1n) is 8.87. The fourth-order valence-corrected chi connectivity index (χ4v) is 2.59. The molecular formula is C19H26N6. The number of hydrogen-bond donors (Lipinski definition) is 2. The summed E-state index contributed by atoms with van der Waals surface area (Å²) in [4.78, 5) is 13.9. The van der Waals surface area contributed by atoms with Crippen molar-refractivity contribution in [3.8, 4) is 0 Å². The Kier molecular flexibility index (Phi) is 5.16. The highest BCUT2D eigenvalue weighted by atomic mass is 15.2. The van der Waals surface area contributed by atoms with E-state index in [9.17, 15) is 0 Å². The molecule has 0 aliphatic rings. The van der Waals surface area contributed by atoms with E-state index in [2.05, 4.69) is 65.0 Å². The summed E-state index contributed by atoms with van der Waals surface area (Å²) >= 11 is 0. The van der Waals surface area contributed by atoms with Gasteiger partial charge in [-0.25, -0.2) is 4.98 Å². The van der Waals surface area contributed by atoms with Crippen molar-refractivity contribution in [2.75, 3.05) is 10.6 Å². The molecule has 2 aromatic heterocycles. The van der Waals surface area contributed by atoms with Crippen molar-refractivity contribution in [2.24, 2.45) is 0 Å². The van der Waals surface area contributed by atoms with Crippen molar-refractivity contribution in [1.29, 1.82) is 0 Å². The average Bonchev–Trinajstić information content (AvgIpc) is 3.04. The lowest BCUT2D eigenvalue weighted by Gasteiger charge is -2.14. The van der Waals surface area contributed by atoms with Crippen molar-refractivity contribution >= 4 is 22.9 Å². The lowest BCUT2D eigenvalue weighted by Crippen LogP contribution is -2.17. The molecule has 3 rings (SSSR count). The van der Waals surface area contributed by atoms with Crippen molar-refractivity contribution in [2.45, 2.75) is 52.7 Å². The summed E-state index contributed by atoms with van der Waals surface area (Å²) in [6.07, 6.45) is 2.85. The first kappa shape index (κ1) is 17.2. The van der Waals surface area contributed by atoms with E-state index >= 15 is 0 Å². The van der Waals surface area contributed by atoms with Gasteiger partial charge in [0.25, 0.3) is 0 Å². The van der Waals surface area contributed by atoms with E-state index < -0.39 is 0 Å². The normalized spacial score (nSPS) is 12.5. The molecule has 132 valence electrons. The van der Waals surface area contributed by atoms with E-state index in [0.29, 0.717) is 24.6 Å². The molecule has 6 nitrogen and oxygen atoms in total. The minimum Gasteiger partial charge on any atom is -0.364 e. The summed E-state index contributed by atoms with van der Waals surface area (Å²) in [5.41, 5.74) is 2.86. The van der Waals surface area contributed by atoms with Gasteiger partial charge in [-0.1, -0.05) is 37.3 Å². The highest BCUT2D eigenvalue weighted by Gasteiger charge is 2.15. The predicted molar refractivity (Wildman–Crippen MR) is 103 cm³/mol. The molecule has 2 heterocycles. The molecule has 1 aromatic carbocycles. The molecule has 0 saturated heterocycles. The summed E-state index contributed by atoms with van der Waals surface area (Å²) in [5, 5.41) is 6.80. The fraction of sp³-hybridized carbons (Fsp3) is 0.421. The predicted octanol–water partition coefficient (Wildman–Crippen LogP) is 4.23. The first-order chi connectivity index (χ1) is 12.1. The van der Waals surface area contributed by atoms with Gasteiger partial charge in [0.2, 0.25) is 5.95 Å². The summed E-state index contributed by atoms with van der Waals surface area (Å²) < 4.78 is 2.08. The van der Waals surface area contributed by atoms with Crippen LogP contribution in [0.15, 0.2) is 36.7 Å². The highest BCUT2D eigenvalue weighted by molar-refractivity contribution is 5.84. The number of fused-ring (bicyclic) bond motifs is 1. The lowest BCUT2D eigenvalue weighted by molar-refractivity contribution is 0.612. The Balaban J connectivity index is 1.96. The van der Waals surface area contributed by atoms with Gasteiger partial charge >= 0.3 is 0 Å². The van der Waals surface area contributed by atoms with Crippen LogP contribution in [0.25, 0.3) is 11.2 Å². The van der Waals surface area contributed by atoms with Crippen LogP contribution in [0.2, 0.25) is 0 Å². The number of aromatic nitrogens is 4. The molecule has 0 spiro atoms. The third-order valence-corrected chi connectivity index (χ3v) is 4.27. The topological polar surface area (TPSA) is 67.7 Å². The fourth-order valence-electron chi connectivity index (χ4n) is 2.59. The van der Waals surface area contributed by atoms with Crippen LogP contribution in [0, 0.1) is 0 Å². The Morgan fingerprint density at radius 1 is 1.08 bits per heavy atom. The zero-order chi connectivity index (χ0) is 17.8. The van der Waals surface area contributed by atoms with Crippen LogP contribution in [0.5, 0.6) is 0 Å². The number of benzene rings is 1. The molecule has 0 fully saturated rings. The van der Waals surface area contributed by atoms with Crippen LogP contribution in [-0.4, -0.2) is 25.6 Å².